The van der Waals surface area contributed by atoms with E-state index < -0.39 is 0 Å². The molecule has 2 atom stereocenters. The minimum Gasteiger partial charge on any atom is -0.314 e. The van der Waals surface area contributed by atoms with Gasteiger partial charge in [0.2, 0.25) is 0 Å². The summed E-state index contributed by atoms with van der Waals surface area (Å²) in [7, 11) is 2.29. The van der Waals surface area contributed by atoms with Crippen molar-refractivity contribution in [3.63, 3.8) is 0 Å². The Bertz CT molecular complexity index is 221. The van der Waals surface area contributed by atoms with Crippen molar-refractivity contribution < 1.29 is 0 Å². The van der Waals surface area contributed by atoms with Crippen molar-refractivity contribution in [1.29, 1.82) is 0 Å². The number of nitrogens with one attached hydrogen (secondary N) is 1. The second kappa shape index (κ2) is 6.19. The first kappa shape index (κ1) is 15.0. The molecule has 0 spiro atoms. The van der Waals surface area contributed by atoms with Crippen molar-refractivity contribution in [2.75, 3.05) is 20.1 Å². The molecule has 0 saturated heterocycles. The highest BCUT2D eigenvalue weighted by atomic mass is 15.1. The molecule has 1 saturated carbocycles. The molecule has 1 aliphatic carbocycles. The molecule has 1 aliphatic rings. The molecule has 2 heteroatoms. The van der Waals surface area contributed by atoms with E-state index in [1.165, 1.54) is 25.8 Å². The van der Waals surface area contributed by atoms with Gasteiger partial charge in [0.25, 0.3) is 0 Å². The number of hydrogen-bond acceptors (Lipinski definition) is 2. The lowest BCUT2D eigenvalue weighted by molar-refractivity contribution is 0.127. The average Bonchev–Trinajstić information content (AvgIpc) is 3.07. The zero-order valence-corrected chi connectivity index (χ0v) is 12.7. The van der Waals surface area contributed by atoms with E-state index in [0.29, 0.717) is 11.5 Å². The molecule has 1 N–H and O–H groups in total. The molecule has 0 aliphatic heterocycles. The van der Waals surface area contributed by atoms with Gasteiger partial charge in [0, 0.05) is 18.6 Å². The first-order valence-electron chi connectivity index (χ1n) is 7.32. The molecule has 0 heterocycles. The van der Waals surface area contributed by atoms with Crippen LogP contribution in [-0.4, -0.2) is 37.1 Å². The fourth-order valence-corrected chi connectivity index (χ4v) is 2.50. The van der Waals surface area contributed by atoms with Gasteiger partial charge in [-0.05, 0) is 58.0 Å². The lowest BCUT2D eigenvalue weighted by atomic mass is 9.84. The fraction of sp³-hybridized carbons (Fsp3) is 1.00. The molecular weight excluding hydrogens is 208 g/mol. The van der Waals surface area contributed by atoms with E-state index in [4.69, 9.17) is 0 Å². The lowest BCUT2D eigenvalue weighted by Crippen LogP contribution is -2.48. The van der Waals surface area contributed by atoms with Gasteiger partial charge in [-0.25, -0.2) is 0 Å². The molecule has 0 aromatic carbocycles. The van der Waals surface area contributed by atoms with Crippen LogP contribution in [0.4, 0.5) is 0 Å². The van der Waals surface area contributed by atoms with Crippen LogP contribution in [0.3, 0.4) is 0 Å². The molecule has 0 amide bonds. The van der Waals surface area contributed by atoms with Gasteiger partial charge in [-0.2, -0.15) is 0 Å². The molecular formula is C15H32N2. The van der Waals surface area contributed by atoms with Crippen LogP contribution < -0.4 is 5.32 Å². The van der Waals surface area contributed by atoms with Crippen molar-refractivity contribution in [2.24, 2.45) is 11.3 Å². The van der Waals surface area contributed by atoms with Gasteiger partial charge < -0.3 is 10.2 Å². The van der Waals surface area contributed by atoms with Crippen LogP contribution in [0.2, 0.25) is 0 Å². The Kier molecular flexibility index (Phi) is 5.46. The monoisotopic (exact) mass is 240 g/mol. The Hall–Kier alpha value is -0.0800. The summed E-state index contributed by atoms with van der Waals surface area (Å²) in [5.41, 5.74) is 0.340. The van der Waals surface area contributed by atoms with Crippen LogP contribution >= 0.6 is 0 Å². The van der Waals surface area contributed by atoms with Gasteiger partial charge >= 0.3 is 0 Å². The highest BCUT2D eigenvalue weighted by Crippen LogP contribution is 2.35. The SMILES string of the molecule is CCCNC(C)C(C)(C)CN(C)C(C)C1CC1. The predicted molar refractivity (Wildman–Crippen MR) is 76.4 cm³/mol. The Balaban J connectivity index is 2.40. The molecule has 0 aromatic heterocycles. The van der Waals surface area contributed by atoms with E-state index in [1.54, 1.807) is 0 Å². The third-order valence-electron chi connectivity index (χ3n) is 4.53. The van der Waals surface area contributed by atoms with E-state index >= 15 is 0 Å². The van der Waals surface area contributed by atoms with Crippen LogP contribution in [0.15, 0.2) is 0 Å². The van der Waals surface area contributed by atoms with Crippen LogP contribution in [0.5, 0.6) is 0 Å². The van der Waals surface area contributed by atoms with Gasteiger partial charge in [0.15, 0.2) is 0 Å². The van der Waals surface area contributed by atoms with Crippen molar-refractivity contribution in [2.45, 2.75) is 66.0 Å². The molecule has 1 rings (SSSR count). The molecule has 102 valence electrons. The number of rotatable bonds is 8. The largest absolute Gasteiger partial charge is 0.314 e. The zero-order chi connectivity index (χ0) is 13.1. The third-order valence-corrected chi connectivity index (χ3v) is 4.53. The molecule has 0 bridgehead atoms. The number of hydrogen-bond donors (Lipinski definition) is 1. The Morgan fingerprint density at radius 2 is 1.88 bits per heavy atom. The van der Waals surface area contributed by atoms with Gasteiger partial charge in [0.1, 0.15) is 0 Å². The maximum absolute atomic E-state index is 3.64. The second-order valence-electron chi connectivity index (χ2n) is 6.66. The molecule has 0 radical (unpaired) electrons. The summed E-state index contributed by atoms with van der Waals surface area (Å²) in [4.78, 5) is 2.56. The summed E-state index contributed by atoms with van der Waals surface area (Å²) in [6, 6.07) is 1.34. The maximum Gasteiger partial charge on any atom is 0.0102 e. The molecule has 0 aromatic rings. The van der Waals surface area contributed by atoms with Gasteiger partial charge in [-0.3, -0.25) is 0 Å². The predicted octanol–water partition coefficient (Wildman–Crippen LogP) is 3.13. The highest BCUT2D eigenvalue weighted by molar-refractivity contribution is 4.89. The molecule has 2 unspecified atom stereocenters. The van der Waals surface area contributed by atoms with Crippen molar-refractivity contribution >= 4 is 0 Å². The van der Waals surface area contributed by atoms with Gasteiger partial charge in [0.05, 0.1) is 0 Å². The lowest BCUT2D eigenvalue weighted by Gasteiger charge is -2.38. The summed E-state index contributed by atoms with van der Waals surface area (Å²) in [6.45, 7) is 14.0. The Morgan fingerprint density at radius 1 is 1.29 bits per heavy atom. The summed E-state index contributed by atoms with van der Waals surface area (Å²) < 4.78 is 0. The molecule has 2 nitrogen and oxygen atoms in total. The van der Waals surface area contributed by atoms with Gasteiger partial charge in [-0.15, -0.1) is 0 Å². The summed E-state index contributed by atoms with van der Waals surface area (Å²) in [6.07, 6.45) is 4.10. The van der Waals surface area contributed by atoms with E-state index in [2.05, 4.69) is 51.9 Å². The normalized spacial score (nSPS) is 20.6. The van der Waals surface area contributed by atoms with Crippen LogP contribution in [0, 0.1) is 11.3 Å². The third kappa shape index (κ3) is 4.59. The fourth-order valence-electron chi connectivity index (χ4n) is 2.50. The number of nitrogens with zero attached hydrogens (tertiary/aromatic N) is 1. The standard InChI is InChI=1S/C15H32N2/c1-7-10-16-13(3)15(4,5)11-17(6)12(2)14-8-9-14/h12-14,16H,7-11H2,1-6H3. The quantitative estimate of drug-likeness (QED) is 0.701. The Morgan fingerprint density at radius 3 is 2.35 bits per heavy atom. The average molecular weight is 240 g/mol. The van der Waals surface area contributed by atoms with Crippen molar-refractivity contribution in [3.05, 3.63) is 0 Å². The smallest absolute Gasteiger partial charge is 0.0102 e. The second-order valence-corrected chi connectivity index (χ2v) is 6.66. The summed E-state index contributed by atoms with van der Waals surface area (Å²) in [5.74, 6) is 0.967. The highest BCUT2D eigenvalue weighted by Gasteiger charge is 2.34. The molecule has 1 fully saturated rings. The minimum atomic E-state index is 0.340. The molecule has 17 heavy (non-hydrogen) atoms. The first-order valence-corrected chi connectivity index (χ1v) is 7.32. The maximum atomic E-state index is 3.64. The van der Waals surface area contributed by atoms with E-state index in [-0.39, 0.29) is 0 Å². The summed E-state index contributed by atoms with van der Waals surface area (Å²) in [5, 5.41) is 3.64. The van der Waals surface area contributed by atoms with Crippen LogP contribution in [0.25, 0.3) is 0 Å². The zero-order valence-electron chi connectivity index (χ0n) is 12.7. The van der Waals surface area contributed by atoms with Gasteiger partial charge in [-0.1, -0.05) is 20.8 Å². The van der Waals surface area contributed by atoms with Crippen molar-refractivity contribution in [1.82, 2.24) is 10.2 Å². The van der Waals surface area contributed by atoms with Crippen molar-refractivity contribution in [3.8, 4) is 0 Å². The van der Waals surface area contributed by atoms with E-state index in [9.17, 15) is 0 Å². The first-order chi connectivity index (χ1) is 7.88. The Labute approximate surface area is 108 Å². The minimum absolute atomic E-state index is 0.340. The van der Waals surface area contributed by atoms with E-state index in [0.717, 1.165) is 18.5 Å². The topological polar surface area (TPSA) is 15.3 Å². The summed E-state index contributed by atoms with van der Waals surface area (Å²) >= 11 is 0. The van der Waals surface area contributed by atoms with Crippen LogP contribution in [-0.2, 0) is 0 Å². The van der Waals surface area contributed by atoms with Crippen LogP contribution in [0.1, 0.15) is 53.9 Å². The van der Waals surface area contributed by atoms with E-state index in [1.807, 2.05) is 0 Å².